The van der Waals surface area contributed by atoms with Crippen molar-refractivity contribution in [2.75, 3.05) is 6.61 Å². The summed E-state index contributed by atoms with van der Waals surface area (Å²) in [6.07, 6.45) is -3.78. The van der Waals surface area contributed by atoms with Crippen LogP contribution in [0.1, 0.15) is 31.3 Å². The molecule has 0 bridgehead atoms. The van der Waals surface area contributed by atoms with Gasteiger partial charge in [0.15, 0.2) is 0 Å². The normalized spacial score (nSPS) is 47.0. The van der Waals surface area contributed by atoms with E-state index in [1.807, 2.05) is 0 Å². The largest absolute Gasteiger partial charge is 0.465 e. The van der Waals surface area contributed by atoms with Crippen molar-refractivity contribution in [3.8, 4) is 0 Å². The minimum absolute atomic E-state index is 0.526. The molecule has 1 fully saturated rings. The number of cyclic esters (lactones) is 1. The SMILES string of the molecule is [2H]C([2H])([2H])n1cncc1C([2H])([2H])[C@@]1([2H])COC(=O)[C@@]1([2H])C([2H])([2H])C. The third-order valence-electron chi connectivity index (χ3n) is 2.02. The van der Waals surface area contributed by atoms with E-state index < -0.39 is 49.8 Å². The van der Waals surface area contributed by atoms with Crippen molar-refractivity contribution < 1.29 is 21.9 Å². The van der Waals surface area contributed by atoms with Gasteiger partial charge in [-0.05, 0) is 12.7 Å². The zero-order valence-electron chi connectivity index (χ0n) is 17.1. The minimum atomic E-state index is -2.91. The lowest BCUT2D eigenvalue weighted by Gasteiger charge is -2.12. The molecule has 4 nitrogen and oxygen atoms in total. The van der Waals surface area contributed by atoms with Crippen molar-refractivity contribution in [2.24, 2.45) is 18.8 Å². The van der Waals surface area contributed by atoms with E-state index in [-0.39, 0.29) is 0 Å². The molecule has 1 aromatic rings. The van der Waals surface area contributed by atoms with Crippen LogP contribution in [-0.2, 0) is 22.9 Å². The number of rotatable bonds is 3. The highest BCUT2D eigenvalue weighted by Gasteiger charge is 2.35. The van der Waals surface area contributed by atoms with Crippen LogP contribution >= 0.6 is 0 Å². The van der Waals surface area contributed by atoms with Crippen molar-refractivity contribution in [3.63, 3.8) is 0 Å². The molecule has 0 amide bonds. The monoisotopic (exact) mass is 217 g/mol. The number of carbonyl (C=O) groups is 1. The molecule has 82 valence electrons. The lowest BCUT2D eigenvalue weighted by molar-refractivity contribution is -0.141. The molecular formula is C11H16N2O2. The van der Waals surface area contributed by atoms with E-state index in [0.29, 0.717) is 4.57 Å². The Labute approximate surface area is 102 Å². The van der Waals surface area contributed by atoms with Crippen LogP contribution in [0.4, 0.5) is 0 Å². The van der Waals surface area contributed by atoms with Crippen LogP contribution in [-0.4, -0.2) is 22.1 Å². The molecular weight excluding hydrogens is 192 g/mol. The number of hydrogen-bond acceptors (Lipinski definition) is 3. The predicted octanol–water partition coefficient (Wildman–Crippen LogP) is 1.16. The molecule has 1 saturated heterocycles. The second-order valence-corrected chi connectivity index (χ2v) is 2.95. The Bertz CT molecular complexity index is 665. The molecule has 0 saturated carbocycles. The summed E-state index contributed by atoms with van der Waals surface area (Å²) in [5.74, 6) is -6.99. The van der Waals surface area contributed by atoms with Crippen LogP contribution < -0.4 is 0 Å². The summed E-state index contributed by atoms with van der Waals surface area (Å²) in [5.41, 5.74) is -0.559. The summed E-state index contributed by atoms with van der Waals surface area (Å²) in [7, 11) is 0. The van der Waals surface area contributed by atoms with Gasteiger partial charge in [-0.15, -0.1) is 0 Å². The standard InChI is InChI=1S/C11H16N2O2/c1-3-10-8(6-15-11(10)14)4-9-5-12-7-13(9)2/h5,7-8,10H,3-4,6H2,1-2H3/t8-,10-/m0/s1/i2D3,3D2,4D2,8D,10D. The van der Waals surface area contributed by atoms with Gasteiger partial charge in [-0.3, -0.25) is 4.79 Å². The molecule has 1 aliphatic rings. The lowest BCUT2D eigenvalue weighted by Crippen LogP contribution is -2.18. The van der Waals surface area contributed by atoms with E-state index >= 15 is 0 Å². The van der Waals surface area contributed by atoms with E-state index in [9.17, 15) is 4.79 Å². The van der Waals surface area contributed by atoms with Crippen molar-refractivity contribution in [3.05, 3.63) is 18.2 Å². The third-order valence-corrected chi connectivity index (χ3v) is 2.02. The molecule has 2 atom stereocenters. The average molecular weight is 217 g/mol. The van der Waals surface area contributed by atoms with Gasteiger partial charge in [0.05, 0.1) is 18.8 Å². The molecule has 0 spiro atoms. The second kappa shape index (κ2) is 4.04. The Kier molecular flexibility index (Phi) is 1.06. The van der Waals surface area contributed by atoms with Crippen LogP contribution in [0.25, 0.3) is 0 Å². The van der Waals surface area contributed by atoms with Gasteiger partial charge in [0.2, 0.25) is 0 Å². The van der Waals surface area contributed by atoms with Crippen LogP contribution in [0.5, 0.6) is 0 Å². The van der Waals surface area contributed by atoms with Gasteiger partial charge in [0.1, 0.15) is 0 Å². The van der Waals surface area contributed by atoms with Crippen LogP contribution in [0.2, 0.25) is 0 Å². The van der Waals surface area contributed by atoms with E-state index in [1.165, 1.54) is 0 Å². The van der Waals surface area contributed by atoms with E-state index in [0.717, 1.165) is 19.4 Å². The van der Waals surface area contributed by atoms with Gasteiger partial charge in [-0.1, -0.05) is 6.92 Å². The topological polar surface area (TPSA) is 44.1 Å². The third kappa shape index (κ3) is 1.89. The molecule has 0 radical (unpaired) electrons. The van der Waals surface area contributed by atoms with Crippen molar-refractivity contribution in [2.45, 2.75) is 19.7 Å². The summed E-state index contributed by atoms with van der Waals surface area (Å²) in [6.45, 7) is -2.80. The molecule has 0 unspecified atom stereocenters. The number of imidazole rings is 1. The number of aryl methyl sites for hydroxylation is 1. The van der Waals surface area contributed by atoms with Crippen LogP contribution in [0.3, 0.4) is 0 Å². The number of nitrogens with zero attached hydrogens (tertiary/aromatic N) is 2. The first-order chi connectivity index (χ1) is 10.6. The Hall–Kier alpha value is -1.32. The quantitative estimate of drug-likeness (QED) is 0.714. The highest BCUT2D eigenvalue weighted by molar-refractivity contribution is 5.74. The van der Waals surface area contributed by atoms with Gasteiger partial charge >= 0.3 is 5.97 Å². The maximum atomic E-state index is 12.0. The molecule has 0 aliphatic carbocycles. The number of ether oxygens (including phenoxy) is 1. The molecule has 0 N–H and O–H groups in total. The summed E-state index contributed by atoms with van der Waals surface area (Å²) < 4.78 is 76.1. The van der Waals surface area contributed by atoms with E-state index in [4.69, 9.17) is 12.3 Å². The molecule has 4 heteroatoms. The predicted molar refractivity (Wildman–Crippen MR) is 55.1 cm³/mol. The maximum absolute atomic E-state index is 12.0. The zero-order chi connectivity index (χ0) is 18.8. The second-order valence-electron chi connectivity index (χ2n) is 2.95. The summed E-state index contributed by atoms with van der Waals surface area (Å²) in [6, 6.07) is 0. The van der Waals surface area contributed by atoms with Crippen LogP contribution in [0.15, 0.2) is 12.5 Å². The number of carbonyl (C=O) groups excluding carboxylic acids is 1. The minimum Gasteiger partial charge on any atom is -0.465 e. The Morgan fingerprint density at radius 2 is 2.80 bits per heavy atom. The first-order valence-electron chi connectivity index (χ1n) is 8.81. The van der Waals surface area contributed by atoms with Gasteiger partial charge in [0.25, 0.3) is 0 Å². The lowest BCUT2D eigenvalue weighted by atomic mass is 9.89. The first kappa shape index (κ1) is 3.92. The Morgan fingerprint density at radius 3 is 3.53 bits per heavy atom. The number of esters is 1. The van der Waals surface area contributed by atoms with E-state index in [1.54, 1.807) is 0 Å². The fourth-order valence-electron chi connectivity index (χ4n) is 1.30. The van der Waals surface area contributed by atoms with Gasteiger partial charge in [-0.2, -0.15) is 0 Å². The first-order valence-corrected chi connectivity index (χ1v) is 4.31. The highest BCUT2D eigenvalue weighted by atomic mass is 16.5. The van der Waals surface area contributed by atoms with Crippen molar-refractivity contribution in [1.82, 2.24) is 9.55 Å². The Morgan fingerprint density at radius 1 is 1.93 bits per heavy atom. The summed E-state index contributed by atoms with van der Waals surface area (Å²) >= 11 is 0. The number of hydrogen-bond donors (Lipinski definition) is 0. The highest BCUT2D eigenvalue weighted by Crippen LogP contribution is 2.27. The molecule has 1 aliphatic heterocycles. The van der Waals surface area contributed by atoms with Crippen molar-refractivity contribution >= 4 is 5.97 Å². The zero-order valence-corrected chi connectivity index (χ0v) is 8.07. The summed E-state index contributed by atoms with van der Waals surface area (Å²) in [4.78, 5) is 15.6. The fourth-order valence-corrected chi connectivity index (χ4v) is 1.30. The van der Waals surface area contributed by atoms with Gasteiger partial charge in [-0.25, -0.2) is 4.98 Å². The van der Waals surface area contributed by atoms with Crippen molar-refractivity contribution in [1.29, 1.82) is 0 Å². The molecule has 15 heavy (non-hydrogen) atoms. The number of aromatic nitrogens is 2. The maximum Gasteiger partial charge on any atom is 0.309 e. The van der Waals surface area contributed by atoms with E-state index in [2.05, 4.69) is 9.72 Å². The molecule has 2 heterocycles. The smallest absolute Gasteiger partial charge is 0.309 e. The fraction of sp³-hybridized carbons (Fsp3) is 0.636. The Balaban J connectivity index is 2.69. The molecule has 2 rings (SSSR count). The summed E-state index contributed by atoms with van der Waals surface area (Å²) in [5, 5.41) is 0. The average Bonchev–Trinajstić information content (AvgIpc) is 2.98. The molecule has 0 aromatic carbocycles. The van der Waals surface area contributed by atoms with Crippen LogP contribution in [0, 0.1) is 11.8 Å². The molecule has 1 aromatic heterocycles. The van der Waals surface area contributed by atoms with Gasteiger partial charge in [0, 0.05) is 37.1 Å². The van der Waals surface area contributed by atoms with Gasteiger partial charge < -0.3 is 9.30 Å².